The minimum Gasteiger partial charge on any atom is -0.507 e. The van der Waals surface area contributed by atoms with Gasteiger partial charge in [-0.1, -0.05) is 6.92 Å². The van der Waals surface area contributed by atoms with Crippen molar-refractivity contribution >= 4 is 5.97 Å². The first-order valence-electron chi connectivity index (χ1n) is 4.54. The molecule has 0 aromatic heterocycles. The molecule has 3 nitrogen and oxygen atoms in total. The lowest BCUT2D eigenvalue weighted by Gasteiger charge is -2.11. The van der Waals surface area contributed by atoms with Crippen molar-refractivity contribution in [3.8, 4) is 5.75 Å². The van der Waals surface area contributed by atoms with Crippen LogP contribution < -0.4 is 0 Å². The smallest absolute Gasteiger partial charge is 0.335 e. The Hall–Kier alpha value is -1.51. The molecule has 0 bridgehead atoms. The molecule has 0 unspecified atom stereocenters. The average molecular weight is 194 g/mol. The molecule has 14 heavy (non-hydrogen) atoms. The maximum Gasteiger partial charge on any atom is 0.335 e. The molecule has 1 rings (SSSR count). The molecule has 76 valence electrons. The third-order valence-corrected chi connectivity index (χ3v) is 2.45. The highest BCUT2D eigenvalue weighted by Crippen LogP contribution is 2.28. The largest absolute Gasteiger partial charge is 0.507 e. The summed E-state index contributed by atoms with van der Waals surface area (Å²) < 4.78 is 0. The summed E-state index contributed by atoms with van der Waals surface area (Å²) in [6.45, 7) is 5.32. The molecule has 0 spiro atoms. The van der Waals surface area contributed by atoms with Crippen LogP contribution in [0.1, 0.15) is 34.0 Å². The van der Waals surface area contributed by atoms with Crippen molar-refractivity contribution in [2.45, 2.75) is 27.2 Å². The second-order valence-corrected chi connectivity index (χ2v) is 3.35. The second-order valence-electron chi connectivity index (χ2n) is 3.35. The van der Waals surface area contributed by atoms with Crippen molar-refractivity contribution in [2.24, 2.45) is 0 Å². The zero-order chi connectivity index (χ0) is 10.9. The van der Waals surface area contributed by atoms with Gasteiger partial charge in [0.25, 0.3) is 0 Å². The van der Waals surface area contributed by atoms with Gasteiger partial charge in [0.05, 0.1) is 5.56 Å². The van der Waals surface area contributed by atoms with Gasteiger partial charge in [-0.15, -0.1) is 0 Å². The van der Waals surface area contributed by atoms with Crippen molar-refractivity contribution in [1.82, 2.24) is 0 Å². The lowest BCUT2D eigenvalue weighted by atomic mass is 9.96. The van der Waals surface area contributed by atoms with Crippen LogP contribution >= 0.6 is 0 Å². The first-order chi connectivity index (χ1) is 6.49. The zero-order valence-corrected chi connectivity index (χ0v) is 8.59. The Bertz CT molecular complexity index is 381. The number of aromatic carboxylic acids is 1. The number of carbonyl (C=O) groups is 1. The van der Waals surface area contributed by atoms with E-state index in [-0.39, 0.29) is 5.75 Å². The summed E-state index contributed by atoms with van der Waals surface area (Å²) >= 11 is 0. The molecule has 0 amide bonds. The number of rotatable bonds is 2. The molecule has 0 heterocycles. The van der Waals surface area contributed by atoms with Gasteiger partial charge in [0.2, 0.25) is 0 Å². The molecule has 2 N–H and O–H groups in total. The van der Waals surface area contributed by atoms with E-state index >= 15 is 0 Å². The monoisotopic (exact) mass is 194 g/mol. The van der Waals surface area contributed by atoms with E-state index in [1.807, 2.05) is 6.92 Å². The number of carboxylic acid groups (broad SMARTS) is 1. The van der Waals surface area contributed by atoms with E-state index < -0.39 is 5.97 Å². The molecule has 0 radical (unpaired) electrons. The van der Waals surface area contributed by atoms with Crippen LogP contribution in [0.2, 0.25) is 0 Å². The van der Waals surface area contributed by atoms with Crippen molar-refractivity contribution in [3.63, 3.8) is 0 Å². The van der Waals surface area contributed by atoms with Gasteiger partial charge in [-0.3, -0.25) is 0 Å². The molecule has 0 aliphatic rings. The predicted octanol–water partition coefficient (Wildman–Crippen LogP) is 2.27. The summed E-state index contributed by atoms with van der Waals surface area (Å²) in [7, 11) is 0. The zero-order valence-electron chi connectivity index (χ0n) is 8.59. The van der Waals surface area contributed by atoms with Crippen LogP contribution in [0.25, 0.3) is 0 Å². The summed E-state index contributed by atoms with van der Waals surface area (Å²) in [4.78, 5) is 10.9. The first-order valence-corrected chi connectivity index (χ1v) is 4.54. The van der Waals surface area contributed by atoms with E-state index in [0.717, 1.165) is 0 Å². The van der Waals surface area contributed by atoms with E-state index in [1.54, 1.807) is 13.8 Å². The SMILES string of the molecule is CCc1c(C(=O)O)cc(C)c(O)c1C. The van der Waals surface area contributed by atoms with Crippen molar-refractivity contribution in [2.75, 3.05) is 0 Å². The Kier molecular flexibility index (Phi) is 2.79. The van der Waals surface area contributed by atoms with Crippen LogP contribution in [0.3, 0.4) is 0 Å². The molecule has 0 aliphatic carbocycles. The van der Waals surface area contributed by atoms with Gasteiger partial charge < -0.3 is 10.2 Å². The Morgan fingerprint density at radius 1 is 1.43 bits per heavy atom. The number of phenols is 1. The lowest BCUT2D eigenvalue weighted by molar-refractivity contribution is 0.0695. The fourth-order valence-corrected chi connectivity index (χ4v) is 1.66. The van der Waals surface area contributed by atoms with Crippen LogP contribution in [0.15, 0.2) is 6.07 Å². The normalized spacial score (nSPS) is 10.2. The van der Waals surface area contributed by atoms with Gasteiger partial charge in [0.1, 0.15) is 5.75 Å². The minimum absolute atomic E-state index is 0.201. The summed E-state index contributed by atoms with van der Waals surface area (Å²) in [5.41, 5.74) is 2.28. The quantitative estimate of drug-likeness (QED) is 0.759. The molecule has 0 atom stereocenters. The fourth-order valence-electron chi connectivity index (χ4n) is 1.66. The minimum atomic E-state index is -0.937. The molecule has 0 aliphatic heterocycles. The van der Waals surface area contributed by atoms with Crippen LogP contribution in [-0.4, -0.2) is 16.2 Å². The Labute approximate surface area is 83.0 Å². The van der Waals surface area contributed by atoms with Crippen LogP contribution in [0.4, 0.5) is 0 Å². The van der Waals surface area contributed by atoms with Gasteiger partial charge in [0, 0.05) is 0 Å². The summed E-state index contributed by atoms with van der Waals surface area (Å²) in [5, 5.41) is 18.6. The van der Waals surface area contributed by atoms with E-state index in [2.05, 4.69) is 0 Å². The number of benzene rings is 1. The molecule has 0 fully saturated rings. The Balaban J connectivity index is 3.51. The number of aromatic hydroxyl groups is 1. The molecular weight excluding hydrogens is 180 g/mol. The van der Waals surface area contributed by atoms with Gasteiger partial charge >= 0.3 is 5.97 Å². The average Bonchev–Trinajstić information content (AvgIpc) is 2.13. The van der Waals surface area contributed by atoms with Gasteiger partial charge in [0.15, 0.2) is 0 Å². The fraction of sp³-hybridized carbons (Fsp3) is 0.364. The topological polar surface area (TPSA) is 57.5 Å². The van der Waals surface area contributed by atoms with Gasteiger partial charge in [-0.05, 0) is 43.0 Å². The number of phenolic OH excluding ortho intramolecular Hbond substituents is 1. The molecule has 3 heteroatoms. The third kappa shape index (κ3) is 1.58. The van der Waals surface area contributed by atoms with Crippen molar-refractivity contribution < 1.29 is 15.0 Å². The first kappa shape index (κ1) is 10.6. The second kappa shape index (κ2) is 3.70. The van der Waals surface area contributed by atoms with E-state index in [4.69, 9.17) is 5.11 Å². The van der Waals surface area contributed by atoms with E-state index in [1.165, 1.54) is 6.07 Å². The predicted molar refractivity (Wildman–Crippen MR) is 53.9 cm³/mol. The lowest BCUT2D eigenvalue weighted by Crippen LogP contribution is -2.05. The highest BCUT2D eigenvalue weighted by Gasteiger charge is 2.15. The van der Waals surface area contributed by atoms with E-state index in [9.17, 15) is 9.90 Å². The van der Waals surface area contributed by atoms with Crippen molar-refractivity contribution in [1.29, 1.82) is 0 Å². The summed E-state index contributed by atoms with van der Waals surface area (Å²) in [6, 6.07) is 1.52. The molecule has 1 aromatic rings. The third-order valence-electron chi connectivity index (χ3n) is 2.45. The number of aryl methyl sites for hydroxylation is 1. The van der Waals surface area contributed by atoms with Gasteiger partial charge in [-0.2, -0.15) is 0 Å². The Morgan fingerprint density at radius 3 is 2.43 bits per heavy atom. The molecule has 0 saturated carbocycles. The van der Waals surface area contributed by atoms with Crippen LogP contribution in [0.5, 0.6) is 5.75 Å². The number of carboxylic acids is 1. The standard InChI is InChI=1S/C11H14O3/c1-4-8-7(3)10(12)6(2)5-9(8)11(13)14/h5,12H,4H2,1-3H3,(H,13,14). The van der Waals surface area contributed by atoms with Crippen molar-refractivity contribution in [3.05, 3.63) is 28.3 Å². The Morgan fingerprint density at radius 2 is 2.00 bits per heavy atom. The summed E-state index contributed by atoms with van der Waals surface area (Å²) in [6.07, 6.45) is 0.612. The summed E-state index contributed by atoms with van der Waals surface area (Å²) in [5.74, 6) is -0.736. The maximum absolute atomic E-state index is 10.9. The highest BCUT2D eigenvalue weighted by molar-refractivity contribution is 5.90. The van der Waals surface area contributed by atoms with E-state index in [0.29, 0.717) is 28.7 Å². The van der Waals surface area contributed by atoms with Crippen LogP contribution in [0, 0.1) is 13.8 Å². The molecule has 1 aromatic carbocycles. The molecular formula is C11H14O3. The van der Waals surface area contributed by atoms with Gasteiger partial charge in [-0.25, -0.2) is 4.79 Å². The number of hydrogen-bond donors (Lipinski definition) is 2. The van der Waals surface area contributed by atoms with Crippen LogP contribution in [-0.2, 0) is 6.42 Å². The highest BCUT2D eigenvalue weighted by atomic mass is 16.4. The number of hydrogen-bond acceptors (Lipinski definition) is 2. The molecule has 0 saturated heterocycles. The maximum atomic E-state index is 10.9.